The lowest BCUT2D eigenvalue weighted by atomic mass is 9.81. The van der Waals surface area contributed by atoms with Gasteiger partial charge in [-0.2, -0.15) is 5.26 Å². The summed E-state index contributed by atoms with van der Waals surface area (Å²) in [5, 5.41) is 10.5. The summed E-state index contributed by atoms with van der Waals surface area (Å²) in [4.78, 5) is 11.3. The van der Waals surface area contributed by atoms with Gasteiger partial charge in [0.25, 0.3) is 0 Å². The Morgan fingerprint density at radius 1 is 1.27 bits per heavy atom. The number of hydrogen-bond acceptors (Lipinski definition) is 5. The number of aryl methyl sites for hydroxylation is 1. The molecule has 1 fully saturated rings. The maximum atomic E-state index is 9.66. The van der Waals surface area contributed by atoms with Gasteiger partial charge in [-0.3, -0.25) is 0 Å². The van der Waals surface area contributed by atoms with E-state index in [0.717, 1.165) is 25.9 Å². The van der Waals surface area contributed by atoms with Gasteiger partial charge in [-0.25, -0.2) is 9.97 Å². The molecule has 0 radical (unpaired) electrons. The van der Waals surface area contributed by atoms with Crippen molar-refractivity contribution in [1.82, 2.24) is 9.97 Å². The molecule has 1 aliphatic rings. The van der Waals surface area contributed by atoms with Crippen molar-refractivity contribution in [1.29, 1.82) is 5.26 Å². The number of rotatable bonds is 3. The highest BCUT2D eigenvalue weighted by Crippen LogP contribution is 2.37. The lowest BCUT2D eigenvalue weighted by Gasteiger charge is -2.38. The summed E-state index contributed by atoms with van der Waals surface area (Å²) < 4.78 is 0. The van der Waals surface area contributed by atoms with Crippen LogP contribution < -0.4 is 10.6 Å². The normalized spacial score (nSPS) is 16.4. The van der Waals surface area contributed by atoms with Crippen LogP contribution in [0.1, 0.15) is 31.2 Å². The second-order valence-electron chi connectivity index (χ2n) is 7.05. The van der Waals surface area contributed by atoms with Crippen LogP contribution in [0.5, 0.6) is 0 Å². The molecule has 1 aliphatic heterocycles. The van der Waals surface area contributed by atoms with E-state index in [-0.39, 0.29) is 5.41 Å². The molecule has 7 heteroatoms. The van der Waals surface area contributed by atoms with Crippen molar-refractivity contribution in [2.45, 2.75) is 26.7 Å². The maximum absolute atomic E-state index is 9.66. The number of halogens is 2. The fourth-order valence-electron chi connectivity index (χ4n) is 3.25. The van der Waals surface area contributed by atoms with Crippen LogP contribution in [-0.4, -0.2) is 29.6 Å². The molecular formula is C19H21Cl2N5. The zero-order chi connectivity index (χ0) is 18.9. The standard InChI is InChI=1S/C19H21Cl2N5/c1-12-16(13-4-3-5-14(20)17(13)21)15(10-22)25-18(24-12)26-8-6-19(2,11-23)7-9-26/h3-5H,6-9,11,23H2,1-2H3. The van der Waals surface area contributed by atoms with E-state index < -0.39 is 0 Å². The third-order valence-electron chi connectivity index (χ3n) is 5.15. The Balaban J connectivity index is 1.99. The molecule has 0 saturated carbocycles. The van der Waals surface area contributed by atoms with Gasteiger partial charge in [0.05, 0.1) is 15.7 Å². The SMILES string of the molecule is Cc1nc(N2CCC(C)(CN)CC2)nc(C#N)c1-c1cccc(Cl)c1Cl. The monoisotopic (exact) mass is 389 g/mol. The lowest BCUT2D eigenvalue weighted by molar-refractivity contribution is 0.257. The molecule has 2 aromatic rings. The van der Waals surface area contributed by atoms with Gasteiger partial charge in [-0.05, 0) is 37.8 Å². The zero-order valence-corrected chi connectivity index (χ0v) is 16.4. The van der Waals surface area contributed by atoms with Gasteiger partial charge in [0.1, 0.15) is 6.07 Å². The minimum absolute atomic E-state index is 0.165. The van der Waals surface area contributed by atoms with Gasteiger partial charge in [0.2, 0.25) is 5.95 Å². The van der Waals surface area contributed by atoms with E-state index in [9.17, 15) is 5.26 Å². The van der Waals surface area contributed by atoms with Gasteiger partial charge in [-0.15, -0.1) is 0 Å². The van der Waals surface area contributed by atoms with Gasteiger partial charge in [0.15, 0.2) is 5.69 Å². The predicted octanol–water partition coefficient (Wildman–Crippen LogP) is 4.20. The minimum Gasteiger partial charge on any atom is -0.341 e. The van der Waals surface area contributed by atoms with Crippen molar-refractivity contribution in [3.8, 4) is 17.2 Å². The van der Waals surface area contributed by atoms with Gasteiger partial charge in [-0.1, -0.05) is 42.3 Å². The Labute approximate surface area is 163 Å². The third kappa shape index (κ3) is 3.50. The van der Waals surface area contributed by atoms with Crippen molar-refractivity contribution in [2.75, 3.05) is 24.5 Å². The van der Waals surface area contributed by atoms with Crippen molar-refractivity contribution >= 4 is 29.2 Å². The molecule has 1 saturated heterocycles. The largest absolute Gasteiger partial charge is 0.341 e. The first-order chi connectivity index (χ1) is 12.4. The molecule has 0 amide bonds. The number of nitrogens with two attached hydrogens (primary N) is 1. The van der Waals surface area contributed by atoms with Gasteiger partial charge in [0, 0.05) is 24.2 Å². The Hall–Kier alpha value is -1.87. The average Bonchev–Trinajstić information content (AvgIpc) is 2.64. The van der Waals surface area contributed by atoms with Crippen molar-refractivity contribution in [3.05, 3.63) is 39.6 Å². The van der Waals surface area contributed by atoms with Crippen LogP contribution in [-0.2, 0) is 0 Å². The molecule has 1 aromatic heterocycles. The van der Waals surface area contributed by atoms with E-state index in [2.05, 4.69) is 27.9 Å². The van der Waals surface area contributed by atoms with Crippen LogP contribution in [0.15, 0.2) is 18.2 Å². The summed E-state index contributed by atoms with van der Waals surface area (Å²) in [5.41, 5.74) is 8.38. The zero-order valence-electron chi connectivity index (χ0n) is 14.9. The van der Waals surface area contributed by atoms with E-state index in [1.165, 1.54) is 0 Å². The number of aromatic nitrogens is 2. The molecule has 2 heterocycles. The maximum Gasteiger partial charge on any atom is 0.226 e. The van der Waals surface area contributed by atoms with Crippen LogP contribution in [0.4, 0.5) is 5.95 Å². The average molecular weight is 390 g/mol. The first-order valence-corrected chi connectivity index (χ1v) is 9.32. The van der Waals surface area contributed by atoms with Crippen LogP contribution in [0.25, 0.3) is 11.1 Å². The number of piperidine rings is 1. The molecular weight excluding hydrogens is 369 g/mol. The molecule has 5 nitrogen and oxygen atoms in total. The first-order valence-electron chi connectivity index (χ1n) is 8.56. The van der Waals surface area contributed by atoms with E-state index in [0.29, 0.717) is 45.1 Å². The number of anilines is 1. The summed E-state index contributed by atoms with van der Waals surface area (Å²) in [7, 11) is 0. The van der Waals surface area contributed by atoms with E-state index in [1.807, 2.05) is 13.0 Å². The summed E-state index contributed by atoms with van der Waals surface area (Å²) in [6.07, 6.45) is 1.96. The minimum atomic E-state index is 0.165. The number of benzene rings is 1. The summed E-state index contributed by atoms with van der Waals surface area (Å²) in [6, 6.07) is 7.53. The smallest absolute Gasteiger partial charge is 0.226 e. The molecule has 0 bridgehead atoms. The highest BCUT2D eigenvalue weighted by Gasteiger charge is 2.30. The quantitative estimate of drug-likeness (QED) is 0.850. The highest BCUT2D eigenvalue weighted by molar-refractivity contribution is 6.43. The third-order valence-corrected chi connectivity index (χ3v) is 5.97. The Bertz CT molecular complexity index is 867. The first kappa shape index (κ1) is 18.9. The van der Waals surface area contributed by atoms with Crippen molar-refractivity contribution < 1.29 is 0 Å². The molecule has 0 unspecified atom stereocenters. The van der Waals surface area contributed by atoms with Crippen molar-refractivity contribution in [2.24, 2.45) is 11.1 Å². The lowest BCUT2D eigenvalue weighted by Crippen LogP contribution is -2.43. The molecule has 136 valence electrons. The molecule has 0 aliphatic carbocycles. The number of nitrogens with zero attached hydrogens (tertiary/aromatic N) is 4. The fraction of sp³-hybridized carbons (Fsp3) is 0.421. The summed E-state index contributed by atoms with van der Waals surface area (Å²) in [5.74, 6) is 0.583. The van der Waals surface area contributed by atoms with E-state index in [1.54, 1.807) is 12.1 Å². The Morgan fingerprint density at radius 3 is 2.58 bits per heavy atom. The number of hydrogen-bond donors (Lipinski definition) is 1. The van der Waals surface area contributed by atoms with E-state index >= 15 is 0 Å². The molecule has 3 rings (SSSR count). The Morgan fingerprint density at radius 2 is 1.96 bits per heavy atom. The summed E-state index contributed by atoms with van der Waals surface area (Å²) >= 11 is 12.5. The molecule has 0 atom stereocenters. The second-order valence-corrected chi connectivity index (χ2v) is 7.83. The predicted molar refractivity (Wildman–Crippen MR) is 106 cm³/mol. The van der Waals surface area contributed by atoms with Crippen LogP contribution >= 0.6 is 23.2 Å². The molecule has 26 heavy (non-hydrogen) atoms. The molecule has 2 N–H and O–H groups in total. The molecule has 1 aromatic carbocycles. The van der Waals surface area contributed by atoms with Crippen LogP contribution in [0, 0.1) is 23.7 Å². The van der Waals surface area contributed by atoms with Crippen molar-refractivity contribution in [3.63, 3.8) is 0 Å². The van der Waals surface area contributed by atoms with Crippen LogP contribution in [0.3, 0.4) is 0 Å². The van der Waals surface area contributed by atoms with Gasteiger partial charge >= 0.3 is 0 Å². The van der Waals surface area contributed by atoms with Gasteiger partial charge < -0.3 is 10.6 Å². The summed E-state index contributed by atoms with van der Waals surface area (Å²) in [6.45, 7) is 6.41. The highest BCUT2D eigenvalue weighted by atomic mass is 35.5. The number of nitriles is 1. The fourth-order valence-corrected chi connectivity index (χ4v) is 3.65. The van der Waals surface area contributed by atoms with Crippen LogP contribution in [0.2, 0.25) is 10.0 Å². The molecule has 0 spiro atoms. The Kier molecular flexibility index (Phi) is 5.38. The topological polar surface area (TPSA) is 78.8 Å². The van der Waals surface area contributed by atoms with E-state index in [4.69, 9.17) is 28.9 Å². The second kappa shape index (κ2) is 7.40.